The average Bonchev–Trinajstić information content (AvgIpc) is 1.95. The Kier molecular flexibility index (Phi) is 3.74. The molecule has 62 valence electrons. The second-order valence-corrected chi connectivity index (χ2v) is 1.95. The van der Waals surface area contributed by atoms with Crippen LogP contribution in [0.25, 0.3) is 0 Å². The number of hydrogen-bond acceptors (Lipinski definition) is 3. The number of nitrogens with one attached hydrogen (secondary N) is 1. The Labute approximate surface area is 75.4 Å². The van der Waals surface area contributed by atoms with Crippen LogP contribution in [0.3, 0.4) is 0 Å². The molecule has 3 N–H and O–H groups in total. The van der Waals surface area contributed by atoms with Crippen LogP contribution in [0.15, 0.2) is 18.2 Å². The zero-order chi connectivity index (χ0) is 7.56. The SMILES string of the molecule is Br.CNc1ccc(O)c(O)c1. The normalized spacial score (nSPS) is 8.45. The highest BCUT2D eigenvalue weighted by Gasteiger charge is 1.96. The standard InChI is InChI=1S/C7H9NO2.BrH/c1-8-5-2-3-6(9)7(10)4-5;/h2-4,8-10H,1H3;1H. The molecule has 0 heterocycles. The van der Waals surface area contributed by atoms with E-state index in [1.807, 2.05) is 0 Å². The summed E-state index contributed by atoms with van der Waals surface area (Å²) in [6.45, 7) is 0. The van der Waals surface area contributed by atoms with Crippen LogP contribution in [0.2, 0.25) is 0 Å². The van der Waals surface area contributed by atoms with Crippen molar-refractivity contribution in [3.05, 3.63) is 18.2 Å². The fourth-order valence-corrected chi connectivity index (χ4v) is 0.679. The highest BCUT2D eigenvalue weighted by atomic mass is 79.9. The summed E-state index contributed by atoms with van der Waals surface area (Å²) in [4.78, 5) is 0. The zero-order valence-corrected chi connectivity index (χ0v) is 7.75. The van der Waals surface area contributed by atoms with Gasteiger partial charge in [-0.2, -0.15) is 0 Å². The number of phenols is 2. The summed E-state index contributed by atoms with van der Waals surface area (Å²) in [5, 5.41) is 20.6. The zero-order valence-electron chi connectivity index (χ0n) is 6.03. The minimum atomic E-state index is -0.105. The Morgan fingerprint density at radius 2 is 1.82 bits per heavy atom. The van der Waals surface area contributed by atoms with Crippen molar-refractivity contribution in [2.24, 2.45) is 0 Å². The van der Waals surface area contributed by atoms with E-state index in [1.165, 1.54) is 12.1 Å². The summed E-state index contributed by atoms with van der Waals surface area (Å²) in [5.74, 6) is -0.203. The van der Waals surface area contributed by atoms with Gasteiger partial charge in [0.25, 0.3) is 0 Å². The highest BCUT2D eigenvalue weighted by Crippen LogP contribution is 2.26. The molecule has 1 aromatic carbocycles. The predicted molar refractivity (Wildman–Crippen MR) is 49.6 cm³/mol. The van der Waals surface area contributed by atoms with Gasteiger partial charge in [-0.15, -0.1) is 17.0 Å². The van der Waals surface area contributed by atoms with Gasteiger partial charge in [-0.1, -0.05) is 0 Å². The van der Waals surface area contributed by atoms with Crippen LogP contribution in [0.5, 0.6) is 11.5 Å². The summed E-state index contributed by atoms with van der Waals surface area (Å²) in [6, 6.07) is 4.56. The van der Waals surface area contributed by atoms with Gasteiger partial charge in [0.05, 0.1) is 0 Å². The van der Waals surface area contributed by atoms with Crippen molar-refractivity contribution >= 4 is 22.7 Å². The lowest BCUT2D eigenvalue weighted by Crippen LogP contribution is -1.85. The molecule has 4 heteroatoms. The molecule has 0 radical (unpaired) electrons. The lowest BCUT2D eigenvalue weighted by atomic mass is 10.3. The van der Waals surface area contributed by atoms with Crippen molar-refractivity contribution in [3.8, 4) is 11.5 Å². The monoisotopic (exact) mass is 219 g/mol. The molecule has 0 saturated heterocycles. The smallest absolute Gasteiger partial charge is 0.159 e. The van der Waals surface area contributed by atoms with E-state index in [9.17, 15) is 0 Å². The summed E-state index contributed by atoms with van der Waals surface area (Å²) in [5.41, 5.74) is 0.773. The first-order chi connectivity index (χ1) is 4.74. The Bertz CT molecular complexity index is 240. The second-order valence-electron chi connectivity index (χ2n) is 1.95. The average molecular weight is 220 g/mol. The molecule has 1 rings (SSSR count). The minimum Gasteiger partial charge on any atom is -0.504 e. The fourth-order valence-electron chi connectivity index (χ4n) is 0.679. The van der Waals surface area contributed by atoms with Gasteiger partial charge in [-0.25, -0.2) is 0 Å². The van der Waals surface area contributed by atoms with Crippen LogP contribution in [0.1, 0.15) is 0 Å². The van der Waals surface area contributed by atoms with Gasteiger partial charge in [0.15, 0.2) is 11.5 Å². The lowest BCUT2D eigenvalue weighted by Gasteiger charge is -2.00. The van der Waals surface area contributed by atoms with Gasteiger partial charge in [0, 0.05) is 18.8 Å². The van der Waals surface area contributed by atoms with Gasteiger partial charge in [-0.05, 0) is 12.1 Å². The lowest BCUT2D eigenvalue weighted by molar-refractivity contribution is 0.404. The number of benzene rings is 1. The number of rotatable bonds is 1. The molecule has 0 aliphatic heterocycles. The molecule has 11 heavy (non-hydrogen) atoms. The number of hydrogen-bond donors (Lipinski definition) is 3. The maximum absolute atomic E-state index is 8.94. The Balaban J connectivity index is 0.000001000. The Morgan fingerprint density at radius 1 is 1.18 bits per heavy atom. The largest absolute Gasteiger partial charge is 0.504 e. The van der Waals surface area contributed by atoms with Gasteiger partial charge >= 0.3 is 0 Å². The molecular formula is C7H10BrNO2. The molecule has 0 aliphatic rings. The molecule has 0 amide bonds. The number of aromatic hydroxyl groups is 2. The van der Waals surface area contributed by atoms with Crippen LogP contribution >= 0.6 is 17.0 Å². The minimum absolute atomic E-state index is 0. The van der Waals surface area contributed by atoms with Crippen molar-refractivity contribution in [1.82, 2.24) is 0 Å². The van der Waals surface area contributed by atoms with Crippen LogP contribution in [-0.2, 0) is 0 Å². The molecule has 0 spiro atoms. The van der Waals surface area contributed by atoms with E-state index in [1.54, 1.807) is 13.1 Å². The third-order valence-corrected chi connectivity index (χ3v) is 1.26. The van der Waals surface area contributed by atoms with Crippen molar-refractivity contribution < 1.29 is 10.2 Å². The molecule has 0 bridgehead atoms. The van der Waals surface area contributed by atoms with Crippen molar-refractivity contribution in [3.63, 3.8) is 0 Å². The maximum atomic E-state index is 8.94. The summed E-state index contributed by atoms with van der Waals surface area (Å²) < 4.78 is 0. The van der Waals surface area contributed by atoms with Crippen LogP contribution in [0.4, 0.5) is 5.69 Å². The first kappa shape index (κ1) is 10.1. The molecule has 0 aromatic heterocycles. The van der Waals surface area contributed by atoms with Crippen molar-refractivity contribution in [1.29, 1.82) is 0 Å². The Hall–Kier alpha value is -0.900. The molecule has 0 aliphatic carbocycles. The van der Waals surface area contributed by atoms with Gasteiger partial charge in [-0.3, -0.25) is 0 Å². The molecule has 0 unspecified atom stereocenters. The van der Waals surface area contributed by atoms with E-state index < -0.39 is 0 Å². The van der Waals surface area contributed by atoms with E-state index in [2.05, 4.69) is 5.32 Å². The number of phenolic OH excluding ortho intramolecular Hbond substituents is 2. The van der Waals surface area contributed by atoms with E-state index in [-0.39, 0.29) is 28.5 Å². The molecule has 1 aromatic rings. The molecule has 0 fully saturated rings. The van der Waals surface area contributed by atoms with E-state index in [0.717, 1.165) is 5.69 Å². The van der Waals surface area contributed by atoms with Crippen LogP contribution in [-0.4, -0.2) is 17.3 Å². The summed E-state index contributed by atoms with van der Waals surface area (Å²) in [7, 11) is 1.74. The highest BCUT2D eigenvalue weighted by molar-refractivity contribution is 8.93. The quantitative estimate of drug-likeness (QED) is 0.498. The molecular weight excluding hydrogens is 210 g/mol. The third-order valence-electron chi connectivity index (χ3n) is 1.26. The molecule has 3 nitrogen and oxygen atoms in total. The summed E-state index contributed by atoms with van der Waals surface area (Å²) >= 11 is 0. The first-order valence-electron chi connectivity index (χ1n) is 2.94. The number of anilines is 1. The molecule has 0 saturated carbocycles. The van der Waals surface area contributed by atoms with Crippen molar-refractivity contribution in [2.45, 2.75) is 0 Å². The first-order valence-corrected chi connectivity index (χ1v) is 2.94. The van der Waals surface area contributed by atoms with Gasteiger partial charge in [0.2, 0.25) is 0 Å². The predicted octanol–water partition coefficient (Wildman–Crippen LogP) is 1.72. The van der Waals surface area contributed by atoms with E-state index in [4.69, 9.17) is 10.2 Å². The fraction of sp³-hybridized carbons (Fsp3) is 0.143. The molecule has 0 atom stereocenters. The van der Waals surface area contributed by atoms with Gasteiger partial charge in [0.1, 0.15) is 0 Å². The third kappa shape index (κ3) is 2.31. The number of halogens is 1. The Morgan fingerprint density at radius 3 is 2.27 bits per heavy atom. The summed E-state index contributed by atoms with van der Waals surface area (Å²) in [6.07, 6.45) is 0. The maximum Gasteiger partial charge on any atom is 0.159 e. The van der Waals surface area contributed by atoms with Crippen LogP contribution in [0, 0.1) is 0 Å². The van der Waals surface area contributed by atoms with Crippen molar-refractivity contribution in [2.75, 3.05) is 12.4 Å². The second kappa shape index (κ2) is 4.08. The van der Waals surface area contributed by atoms with E-state index in [0.29, 0.717) is 0 Å². The van der Waals surface area contributed by atoms with E-state index >= 15 is 0 Å². The van der Waals surface area contributed by atoms with Crippen LogP contribution < -0.4 is 5.32 Å². The topological polar surface area (TPSA) is 52.5 Å². The van der Waals surface area contributed by atoms with Gasteiger partial charge < -0.3 is 15.5 Å².